The maximum atomic E-state index is 13.5. The summed E-state index contributed by atoms with van der Waals surface area (Å²) in [4.78, 5) is 0. The molecule has 3 heteroatoms. The molecule has 2 aromatic rings. The van der Waals surface area contributed by atoms with Crippen LogP contribution in [0.25, 0.3) is 0 Å². The van der Waals surface area contributed by atoms with Gasteiger partial charge in [0.2, 0.25) is 0 Å². The van der Waals surface area contributed by atoms with Crippen LogP contribution in [-0.2, 0) is 0 Å². The van der Waals surface area contributed by atoms with E-state index in [1.807, 2.05) is 0 Å². The fraction of sp³-hybridized carbons (Fsp3) is 0. The molecule has 4 aliphatic carbocycles. The fourth-order valence-electron chi connectivity index (χ4n) is 1.88. The molecule has 0 nitrogen and oxygen atoms in total. The van der Waals surface area contributed by atoms with Crippen LogP contribution in [0.3, 0.4) is 0 Å². The van der Waals surface area contributed by atoms with Crippen molar-refractivity contribution in [3.8, 4) is 0 Å². The smallest absolute Gasteiger partial charge is 0.167 e. The van der Waals surface area contributed by atoms with E-state index in [-0.39, 0.29) is 15.7 Å². The van der Waals surface area contributed by atoms with Crippen LogP contribution >= 0.6 is 0 Å². The molecule has 74 valence electrons. The quantitative estimate of drug-likeness (QED) is 0.530. The number of hydrogen-bond acceptors (Lipinski definition) is 0. The molecule has 4 aliphatic rings. The Labute approximate surface area is 82.6 Å². The Morgan fingerprint density at radius 1 is 0.667 bits per heavy atom. The summed E-state index contributed by atoms with van der Waals surface area (Å²) in [6.45, 7) is 0. The summed E-state index contributed by atoms with van der Waals surface area (Å²) in [5.74, 6) is -2.41. The minimum absolute atomic E-state index is 0.0278. The summed E-state index contributed by atoms with van der Waals surface area (Å²) in [6, 6.07) is 7.15. The number of benzene rings is 2. The Kier molecular flexibility index (Phi) is 1.49. The summed E-state index contributed by atoms with van der Waals surface area (Å²) < 4.78 is 40.4. The van der Waals surface area contributed by atoms with Crippen LogP contribution in [0.4, 0.5) is 13.2 Å². The summed E-state index contributed by atoms with van der Waals surface area (Å²) >= 11 is 0. The van der Waals surface area contributed by atoms with Gasteiger partial charge >= 0.3 is 0 Å². The van der Waals surface area contributed by atoms with Gasteiger partial charge in [0.1, 0.15) is 5.82 Å². The predicted molar refractivity (Wildman–Crippen MR) is 48.1 cm³/mol. The number of hydrogen-bond donors (Lipinski definition) is 0. The molecule has 0 radical (unpaired) electrons. The zero-order valence-electron chi connectivity index (χ0n) is 7.52. The van der Waals surface area contributed by atoms with Crippen LogP contribution in [-0.4, -0.2) is 0 Å². The Bertz CT molecular complexity index is 748. The lowest BCUT2D eigenvalue weighted by Crippen LogP contribution is -1.95. The monoisotopic (exact) mass is 206 g/mol. The van der Waals surface area contributed by atoms with Crippen LogP contribution in [0.5, 0.6) is 0 Å². The lowest BCUT2D eigenvalue weighted by Gasteiger charge is -2.02. The van der Waals surface area contributed by atoms with Gasteiger partial charge in [-0.3, -0.25) is 0 Å². The van der Waals surface area contributed by atoms with Gasteiger partial charge in [0.15, 0.2) is 11.6 Å². The van der Waals surface area contributed by atoms with Crippen LogP contribution in [0, 0.1) is 38.3 Å². The fourth-order valence-corrected chi connectivity index (χ4v) is 1.88. The van der Waals surface area contributed by atoms with E-state index in [0.717, 1.165) is 0 Å². The minimum Gasteiger partial charge on any atom is -0.206 e. The van der Waals surface area contributed by atoms with Crippen molar-refractivity contribution in [1.29, 1.82) is 0 Å². The third-order valence-corrected chi connectivity index (χ3v) is 2.65. The van der Waals surface area contributed by atoms with Crippen molar-refractivity contribution >= 4 is 0 Å². The molecule has 0 aliphatic heterocycles. The molecule has 0 unspecified atom stereocenters. The summed E-state index contributed by atoms with van der Waals surface area (Å²) in [7, 11) is 0. The summed E-state index contributed by atoms with van der Waals surface area (Å²) in [5.41, 5.74) is 0. The zero-order valence-corrected chi connectivity index (χ0v) is 7.52. The highest BCUT2D eigenvalue weighted by Crippen LogP contribution is 2.16. The van der Waals surface area contributed by atoms with Gasteiger partial charge in [-0.2, -0.15) is 0 Å². The third kappa shape index (κ3) is 0.975. The zero-order chi connectivity index (χ0) is 10.6. The van der Waals surface area contributed by atoms with Crippen molar-refractivity contribution in [2.75, 3.05) is 0 Å². The lowest BCUT2D eigenvalue weighted by atomic mass is 10.1. The van der Waals surface area contributed by atoms with Crippen molar-refractivity contribution < 1.29 is 13.2 Å². The Morgan fingerprint density at radius 3 is 2.00 bits per heavy atom. The molecule has 0 aromatic heterocycles. The van der Waals surface area contributed by atoms with E-state index in [1.54, 1.807) is 6.07 Å². The number of halogens is 3. The van der Waals surface area contributed by atoms with Crippen LogP contribution < -0.4 is 0 Å². The van der Waals surface area contributed by atoms with Gasteiger partial charge in [0, 0.05) is 15.7 Å². The predicted octanol–water partition coefficient (Wildman–Crippen LogP) is 2.99. The van der Waals surface area contributed by atoms with E-state index in [2.05, 4.69) is 0 Å². The first-order chi connectivity index (χ1) is 7.18. The van der Waals surface area contributed by atoms with Crippen molar-refractivity contribution in [2.24, 2.45) is 0 Å². The van der Waals surface area contributed by atoms with E-state index in [1.165, 1.54) is 24.3 Å². The van der Waals surface area contributed by atoms with Gasteiger partial charge in [0.05, 0.1) is 0 Å². The topological polar surface area (TPSA) is 0 Å². The molecular weight excluding hydrogens is 201 g/mol. The molecular formula is C12H5F3. The summed E-state index contributed by atoms with van der Waals surface area (Å²) in [6.07, 6.45) is 0. The molecule has 15 heavy (non-hydrogen) atoms. The molecule has 0 heterocycles. The van der Waals surface area contributed by atoms with E-state index >= 15 is 0 Å². The van der Waals surface area contributed by atoms with Crippen molar-refractivity contribution in [3.05, 3.63) is 68.7 Å². The normalized spacial score (nSPS) is 11.7. The van der Waals surface area contributed by atoms with Gasteiger partial charge in [-0.25, -0.2) is 13.2 Å². The van der Waals surface area contributed by atoms with Crippen molar-refractivity contribution in [3.63, 3.8) is 0 Å². The van der Waals surface area contributed by atoms with Crippen LogP contribution in [0.1, 0.15) is 0 Å². The molecule has 0 atom stereocenters. The van der Waals surface area contributed by atoms with Crippen LogP contribution in [0.2, 0.25) is 0 Å². The highest BCUT2D eigenvalue weighted by molar-refractivity contribution is 5.26. The molecule has 6 rings (SSSR count). The highest BCUT2D eigenvalue weighted by Gasteiger charge is 2.10. The molecule has 0 saturated heterocycles. The maximum Gasteiger partial charge on any atom is 0.167 e. The van der Waals surface area contributed by atoms with Gasteiger partial charge in [-0.1, -0.05) is 24.3 Å². The van der Waals surface area contributed by atoms with E-state index < -0.39 is 17.5 Å². The Hall–Kier alpha value is -1.77. The molecule has 0 fully saturated rings. The largest absolute Gasteiger partial charge is 0.206 e. The average Bonchev–Trinajstić information content (AvgIpc) is 2.18. The maximum absolute atomic E-state index is 13.5. The lowest BCUT2D eigenvalue weighted by molar-refractivity contribution is 0.495. The Balaban J connectivity index is 2.94. The van der Waals surface area contributed by atoms with Gasteiger partial charge in [0.25, 0.3) is 0 Å². The molecule has 2 aromatic carbocycles. The first-order valence-electron chi connectivity index (χ1n) is 4.47. The standard InChI is InChI=1S/C12H5F3/c13-10-5-6-1-2-8(10)9-4-3-7(6)11(14)12(9)15/h1-5H. The SMILES string of the molecule is Fc1c(F)c2ccc1=c1ccc=2c(F)c1. The first kappa shape index (κ1) is 8.53. The second-order valence-corrected chi connectivity index (χ2v) is 3.48. The molecule has 0 spiro atoms. The highest BCUT2D eigenvalue weighted by atomic mass is 19.2. The first-order valence-corrected chi connectivity index (χ1v) is 4.47. The Morgan fingerprint density at radius 2 is 1.27 bits per heavy atom. The van der Waals surface area contributed by atoms with E-state index in [4.69, 9.17) is 0 Å². The molecule has 0 saturated carbocycles. The van der Waals surface area contributed by atoms with Crippen molar-refractivity contribution in [2.45, 2.75) is 0 Å². The summed E-state index contributed by atoms with van der Waals surface area (Å²) in [5, 5.41) is 0.529. The molecule has 0 amide bonds. The van der Waals surface area contributed by atoms with E-state index in [0.29, 0.717) is 5.22 Å². The second kappa shape index (κ2) is 2.63. The van der Waals surface area contributed by atoms with Gasteiger partial charge in [-0.15, -0.1) is 0 Å². The van der Waals surface area contributed by atoms with Gasteiger partial charge in [-0.05, 0) is 11.3 Å². The van der Waals surface area contributed by atoms with Gasteiger partial charge < -0.3 is 0 Å². The minimum atomic E-state index is -0.979. The number of rotatable bonds is 0. The third-order valence-electron chi connectivity index (χ3n) is 2.65. The van der Waals surface area contributed by atoms with Crippen LogP contribution in [0.15, 0.2) is 30.3 Å². The molecule has 0 N–H and O–H groups in total. The van der Waals surface area contributed by atoms with E-state index in [9.17, 15) is 13.2 Å². The van der Waals surface area contributed by atoms with Crippen molar-refractivity contribution in [1.82, 2.24) is 0 Å². The second-order valence-electron chi connectivity index (χ2n) is 3.48. The molecule has 4 bridgehead atoms. The average molecular weight is 206 g/mol.